The smallest absolute Gasteiger partial charge is 0.259 e. The second-order valence-electron chi connectivity index (χ2n) is 5.78. The molecule has 1 aliphatic carbocycles. The number of hydrazone groups is 1. The van der Waals surface area contributed by atoms with Gasteiger partial charge in [-0.15, -0.1) is 0 Å². The van der Waals surface area contributed by atoms with Gasteiger partial charge in [0.1, 0.15) is 0 Å². The monoisotopic (exact) mass is 270 g/mol. The van der Waals surface area contributed by atoms with Gasteiger partial charge in [-0.1, -0.05) is 44.8 Å². The van der Waals surface area contributed by atoms with Crippen molar-refractivity contribution in [3.63, 3.8) is 0 Å². The lowest BCUT2D eigenvalue weighted by Crippen LogP contribution is -2.31. The van der Waals surface area contributed by atoms with Gasteiger partial charge in [-0.05, 0) is 30.6 Å². The number of hydrogen-bond donors (Lipinski definition) is 0. The first-order valence-electron chi connectivity index (χ1n) is 5.93. The minimum atomic E-state index is 0.0172. The van der Waals surface area contributed by atoms with E-state index in [1.54, 1.807) is 0 Å². The van der Waals surface area contributed by atoms with Crippen LogP contribution in [0, 0.1) is 11.3 Å². The van der Waals surface area contributed by atoms with Gasteiger partial charge in [0.25, 0.3) is 5.91 Å². The van der Waals surface area contributed by atoms with Crippen molar-refractivity contribution in [2.24, 2.45) is 16.4 Å². The van der Waals surface area contributed by atoms with Gasteiger partial charge < -0.3 is 0 Å². The summed E-state index contributed by atoms with van der Waals surface area (Å²) in [6.45, 7) is 6.77. The largest absolute Gasteiger partial charge is 0.272 e. The van der Waals surface area contributed by atoms with Gasteiger partial charge in [0, 0.05) is 5.71 Å². The SMILES string of the molecule is CC1C/C(=N\N2C(=O)CSC2=S)CC(C)(C)C1. The quantitative estimate of drug-likeness (QED) is 0.687. The maximum Gasteiger partial charge on any atom is 0.259 e. The highest BCUT2D eigenvalue weighted by molar-refractivity contribution is 8.23. The predicted octanol–water partition coefficient (Wildman–Crippen LogP) is 3.05. The molecule has 1 atom stereocenters. The average molecular weight is 270 g/mol. The van der Waals surface area contributed by atoms with Crippen LogP contribution < -0.4 is 0 Å². The summed E-state index contributed by atoms with van der Waals surface area (Å²) >= 11 is 6.54. The van der Waals surface area contributed by atoms with E-state index in [1.807, 2.05) is 0 Å². The molecule has 94 valence electrons. The zero-order valence-electron chi connectivity index (χ0n) is 10.5. The van der Waals surface area contributed by atoms with Crippen molar-refractivity contribution in [1.82, 2.24) is 5.01 Å². The van der Waals surface area contributed by atoms with Crippen molar-refractivity contribution in [3.8, 4) is 0 Å². The molecule has 0 aromatic carbocycles. The van der Waals surface area contributed by atoms with Crippen molar-refractivity contribution in [1.29, 1.82) is 0 Å². The molecule has 2 aliphatic rings. The van der Waals surface area contributed by atoms with Crippen molar-refractivity contribution >= 4 is 39.9 Å². The molecule has 0 bridgehead atoms. The molecule has 0 aromatic rings. The fraction of sp³-hybridized carbons (Fsp3) is 0.750. The third-order valence-electron chi connectivity index (χ3n) is 3.14. The molecule has 1 aliphatic heterocycles. The van der Waals surface area contributed by atoms with Gasteiger partial charge >= 0.3 is 0 Å². The molecule has 0 aromatic heterocycles. The first-order valence-corrected chi connectivity index (χ1v) is 7.33. The van der Waals surface area contributed by atoms with Crippen LogP contribution in [0.1, 0.15) is 40.0 Å². The molecule has 1 saturated carbocycles. The molecule has 3 nitrogen and oxygen atoms in total. The number of carbonyl (C=O) groups is 1. The zero-order chi connectivity index (χ0) is 12.6. The lowest BCUT2D eigenvalue weighted by atomic mass is 9.72. The minimum Gasteiger partial charge on any atom is -0.272 e. The van der Waals surface area contributed by atoms with Crippen LogP contribution in [0.15, 0.2) is 5.10 Å². The van der Waals surface area contributed by atoms with Crippen LogP contribution in [0.4, 0.5) is 0 Å². The van der Waals surface area contributed by atoms with E-state index in [0.29, 0.717) is 16.0 Å². The van der Waals surface area contributed by atoms with Gasteiger partial charge in [-0.3, -0.25) is 4.79 Å². The van der Waals surface area contributed by atoms with Crippen molar-refractivity contribution < 1.29 is 4.79 Å². The highest BCUT2D eigenvalue weighted by atomic mass is 32.2. The second-order valence-corrected chi connectivity index (χ2v) is 7.39. The summed E-state index contributed by atoms with van der Waals surface area (Å²) in [5, 5.41) is 5.90. The highest BCUT2D eigenvalue weighted by Crippen LogP contribution is 2.37. The summed E-state index contributed by atoms with van der Waals surface area (Å²) in [7, 11) is 0. The fourth-order valence-corrected chi connectivity index (χ4v) is 3.73. The Morgan fingerprint density at radius 3 is 2.76 bits per heavy atom. The van der Waals surface area contributed by atoms with E-state index in [0.717, 1.165) is 18.6 Å². The Hall–Kier alpha value is -0.420. The van der Waals surface area contributed by atoms with Crippen molar-refractivity contribution in [2.45, 2.75) is 40.0 Å². The van der Waals surface area contributed by atoms with Gasteiger partial charge in [0.15, 0.2) is 4.32 Å². The molecule has 1 saturated heterocycles. The zero-order valence-corrected chi connectivity index (χ0v) is 12.2. The molecule has 0 N–H and O–H groups in total. The van der Waals surface area contributed by atoms with Crippen LogP contribution in [-0.2, 0) is 4.79 Å². The van der Waals surface area contributed by atoms with Crippen LogP contribution in [0.2, 0.25) is 0 Å². The van der Waals surface area contributed by atoms with Crippen molar-refractivity contribution in [2.75, 3.05) is 5.75 Å². The van der Waals surface area contributed by atoms with Crippen molar-refractivity contribution in [3.05, 3.63) is 0 Å². The lowest BCUT2D eigenvalue weighted by molar-refractivity contribution is -0.124. The number of thioether (sulfide) groups is 1. The lowest BCUT2D eigenvalue weighted by Gasteiger charge is -2.34. The highest BCUT2D eigenvalue weighted by Gasteiger charge is 2.32. The Bertz CT molecular complexity index is 374. The van der Waals surface area contributed by atoms with Crippen LogP contribution in [-0.4, -0.2) is 26.7 Å². The van der Waals surface area contributed by atoms with E-state index >= 15 is 0 Å². The maximum absolute atomic E-state index is 11.6. The Morgan fingerprint density at radius 2 is 2.24 bits per heavy atom. The number of nitrogens with zero attached hydrogens (tertiary/aromatic N) is 2. The molecule has 2 rings (SSSR count). The number of carbonyl (C=O) groups excluding carboxylic acids is 1. The van der Waals surface area contributed by atoms with E-state index in [4.69, 9.17) is 12.2 Å². The Labute approximate surface area is 112 Å². The minimum absolute atomic E-state index is 0.0172. The Balaban J connectivity index is 2.16. The molecule has 2 fully saturated rings. The molecular formula is C12H18N2OS2. The summed E-state index contributed by atoms with van der Waals surface area (Å²) in [5.74, 6) is 1.09. The first kappa shape index (κ1) is 13.0. The van der Waals surface area contributed by atoms with E-state index < -0.39 is 0 Å². The molecular weight excluding hydrogens is 252 g/mol. The molecule has 1 amide bonds. The van der Waals surface area contributed by atoms with E-state index in [1.165, 1.54) is 23.2 Å². The van der Waals surface area contributed by atoms with E-state index in [2.05, 4.69) is 25.9 Å². The standard InChI is InChI=1S/C12H18N2OS2/c1-8-4-9(6-12(2,3)5-8)13-14-10(15)7-17-11(14)16/h8H,4-7H2,1-3H3/b13-9+. The van der Waals surface area contributed by atoms with Crippen LogP contribution in [0.3, 0.4) is 0 Å². The number of thiocarbonyl (C=S) groups is 1. The molecule has 1 unspecified atom stereocenters. The summed E-state index contributed by atoms with van der Waals surface area (Å²) in [5.41, 5.74) is 1.40. The summed E-state index contributed by atoms with van der Waals surface area (Å²) in [4.78, 5) is 11.6. The molecule has 1 heterocycles. The van der Waals surface area contributed by atoms with Crippen LogP contribution >= 0.6 is 24.0 Å². The number of rotatable bonds is 1. The van der Waals surface area contributed by atoms with E-state index in [9.17, 15) is 4.79 Å². The fourth-order valence-electron chi connectivity index (χ4n) is 2.78. The summed E-state index contributed by atoms with van der Waals surface area (Å²) in [6, 6.07) is 0. The van der Waals surface area contributed by atoms with Gasteiger partial charge in [-0.25, -0.2) is 0 Å². The first-order chi connectivity index (χ1) is 7.87. The maximum atomic E-state index is 11.6. The molecule has 17 heavy (non-hydrogen) atoms. The van der Waals surface area contributed by atoms with E-state index in [-0.39, 0.29) is 11.3 Å². The Morgan fingerprint density at radius 1 is 1.53 bits per heavy atom. The third-order valence-corrected chi connectivity index (χ3v) is 4.48. The normalized spacial score (nSPS) is 31.4. The number of hydrogen-bond acceptors (Lipinski definition) is 4. The van der Waals surface area contributed by atoms with Gasteiger partial charge in [-0.2, -0.15) is 10.1 Å². The Kier molecular flexibility index (Phi) is 3.59. The van der Waals surface area contributed by atoms with Gasteiger partial charge in [0.05, 0.1) is 5.75 Å². The second kappa shape index (κ2) is 4.69. The topological polar surface area (TPSA) is 32.7 Å². The summed E-state index contributed by atoms with van der Waals surface area (Å²) in [6.07, 6.45) is 3.17. The molecule has 0 spiro atoms. The average Bonchev–Trinajstić information content (AvgIpc) is 2.46. The van der Waals surface area contributed by atoms with Crippen LogP contribution in [0.25, 0.3) is 0 Å². The summed E-state index contributed by atoms with van der Waals surface area (Å²) < 4.78 is 0.596. The van der Waals surface area contributed by atoms with Gasteiger partial charge in [0.2, 0.25) is 0 Å². The predicted molar refractivity (Wildman–Crippen MR) is 76.1 cm³/mol. The molecule has 0 radical (unpaired) electrons. The van der Waals surface area contributed by atoms with Crippen LogP contribution in [0.5, 0.6) is 0 Å². The number of amides is 1. The molecule has 5 heteroatoms. The third kappa shape index (κ3) is 3.07.